The van der Waals surface area contributed by atoms with E-state index in [1.165, 1.54) is 7.11 Å². The number of hydrogen-bond donors (Lipinski definition) is 2. The molecule has 0 saturated carbocycles. The number of anilines is 2. The van der Waals surface area contributed by atoms with E-state index in [1.54, 1.807) is 18.2 Å². The monoisotopic (exact) mass is 226 g/mol. The first-order valence-electron chi connectivity index (χ1n) is 4.58. The Morgan fingerprint density at radius 3 is 3.00 bits per heavy atom. The van der Waals surface area contributed by atoms with Crippen molar-refractivity contribution >= 4 is 28.9 Å². The summed E-state index contributed by atoms with van der Waals surface area (Å²) in [4.78, 5) is 11.6. The van der Waals surface area contributed by atoms with Crippen LogP contribution in [-0.2, 0) is 9.53 Å². The van der Waals surface area contributed by atoms with Gasteiger partial charge < -0.3 is 15.4 Å². The van der Waals surface area contributed by atoms with Crippen LogP contribution in [0, 0.1) is 0 Å². The maximum atomic E-state index is 11.6. The number of hydrogen-bond acceptors (Lipinski definition) is 3. The van der Waals surface area contributed by atoms with Gasteiger partial charge in [0.25, 0.3) is 5.91 Å². The van der Waals surface area contributed by atoms with Crippen molar-refractivity contribution in [2.75, 3.05) is 24.3 Å². The second kappa shape index (κ2) is 4.08. The summed E-state index contributed by atoms with van der Waals surface area (Å²) < 4.78 is 5.04. The van der Waals surface area contributed by atoms with Gasteiger partial charge in [0.1, 0.15) is 0 Å². The number of carbonyl (C=O) groups excluding carboxylic acids is 1. The second-order valence-corrected chi connectivity index (χ2v) is 3.72. The molecular formula is C10H11ClN2O2. The molecule has 2 N–H and O–H groups in total. The van der Waals surface area contributed by atoms with E-state index in [4.69, 9.17) is 16.3 Å². The first-order valence-corrected chi connectivity index (χ1v) is 4.95. The molecule has 1 aliphatic heterocycles. The molecule has 1 amide bonds. The number of amides is 1. The third-order valence-electron chi connectivity index (χ3n) is 2.29. The molecule has 0 saturated heterocycles. The fourth-order valence-electron chi connectivity index (χ4n) is 1.47. The highest BCUT2D eigenvalue weighted by molar-refractivity contribution is 6.31. The van der Waals surface area contributed by atoms with E-state index < -0.39 is 6.10 Å². The molecule has 1 aromatic carbocycles. The van der Waals surface area contributed by atoms with Crippen LogP contribution in [-0.4, -0.2) is 25.7 Å². The number of ether oxygens (including phenoxy) is 1. The molecule has 1 heterocycles. The predicted octanol–water partition coefficient (Wildman–Crippen LogP) is 1.72. The van der Waals surface area contributed by atoms with Crippen molar-refractivity contribution in [1.82, 2.24) is 0 Å². The normalized spacial score (nSPS) is 19.9. The van der Waals surface area contributed by atoms with Crippen molar-refractivity contribution in [3.63, 3.8) is 0 Å². The van der Waals surface area contributed by atoms with Crippen molar-refractivity contribution in [2.45, 2.75) is 6.10 Å². The Labute approximate surface area is 92.6 Å². The molecule has 1 aromatic rings. The summed E-state index contributed by atoms with van der Waals surface area (Å²) in [5, 5.41) is 6.50. The Morgan fingerprint density at radius 1 is 1.47 bits per heavy atom. The smallest absolute Gasteiger partial charge is 0.255 e. The van der Waals surface area contributed by atoms with Crippen molar-refractivity contribution < 1.29 is 9.53 Å². The van der Waals surface area contributed by atoms with Gasteiger partial charge in [0.15, 0.2) is 6.10 Å². The van der Waals surface area contributed by atoms with Crippen LogP contribution in [0.5, 0.6) is 0 Å². The van der Waals surface area contributed by atoms with E-state index in [-0.39, 0.29) is 5.91 Å². The van der Waals surface area contributed by atoms with Crippen LogP contribution in [0.2, 0.25) is 5.02 Å². The molecule has 0 fully saturated rings. The van der Waals surface area contributed by atoms with Crippen molar-refractivity contribution in [3.8, 4) is 0 Å². The fraction of sp³-hybridized carbons (Fsp3) is 0.300. The van der Waals surface area contributed by atoms with Crippen LogP contribution >= 0.6 is 11.6 Å². The summed E-state index contributed by atoms with van der Waals surface area (Å²) in [5.41, 5.74) is 1.54. The molecule has 1 aliphatic rings. The largest absolute Gasteiger partial charge is 0.380 e. The minimum Gasteiger partial charge on any atom is -0.380 e. The zero-order valence-electron chi connectivity index (χ0n) is 8.21. The molecule has 0 spiro atoms. The quantitative estimate of drug-likeness (QED) is 0.767. The Balaban J connectivity index is 2.31. The average molecular weight is 227 g/mol. The molecule has 80 valence electrons. The second-order valence-electron chi connectivity index (χ2n) is 3.28. The molecule has 0 radical (unpaired) electrons. The number of fused-ring (bicyclic) bond motifs is 1. The lowest BCUT2D eigenvalue weighted by molar-refractivity contribution is -0.124. The topological polar surface area (TPSA) is 50.4 Å². The Morgan fingerprint density at radius 2 is 2.27 bits per heavy atom. The maximum absolute atomic E-state index is 11.6. The van der Waals surface area contributed by atoms with Gasteiger partial charge >= 0.3 is 0 Å². The van der Waals surface area contributed by atoms with Gasteiger partial charge in [-0.05, 0) is 18.2 Å². The standard InChI is InChI=1S/C10H11ClN2O2/c1-15-9-5-12-8-4-6(11)2-3-7(8)13-10(9)14/h2-4,9,12H,5H2,1H3,(H,13,14). The third-order valence-corrected chi connectivity index (χ3v) is 2.53. The highest BCUT2D eigenvalue weighted by atomic mass is 35.5. The molecule has 0 bridgehead atoms. The van der Waals surface area contributed by atoms with Gasteiger partial charge in [0, 0.05) is 12.1 Å². The number of nitrogens with one attached hydrogen (secondary N) is 2. The van der Waals surface area contributed by atoms with Crippen molar-refractivity contribution in [1.29, 1.82) is 0 Å². The summed E-state index contributed by atoms with van der Waals surface area (Å²) >= 11 is 5.85. The molecule has 2 rings (SSSR count). The number of methoxy groups -OCH3 is 1. The first kappa shape index (κ1) is 10.3. The molecule has 0 aliphatic carbocycles. The van der Waals surface area contributed by atoms with Crippen LogP contribution in [0.15, 0.2) is 18.2 Å². The van der Waals surface area contributed by atoms with Crippen LogP contribution in [0.4, 0.5) is 11.4 Å². The molecular weight excluding hydrogens is 216 g/mol. The third kappa shape index (κ3) is 2.06. The number of carbonyl (C=O) groups is 1. The van der Waals surface area contributed by atoms with Gasteiger partial charge in [0.2, 0.25) is 0 Å². The summed E-state index contributed by atoms with van der Waals surface area (Å²) in [7, 11) is 1.51. The highest BCUT2D eigenvalue weighted by Crippen LogP contribution is 2.27. The molecule has 0 aromatic heterocycles. The summed E-state index contributed by atoms with van der Waals surface area (Å²) in [6.07, 6.45) is -0.476. The van der Waals surface area contributed by atoms with E-state index in [1.807, 2.05) is 0 Å². The van der Waals surface area contributed by atoms with E-state index in [0.717, 1.165) is 11.4 Å². The highest BCUT2D eigenvalue weighted by Gasteiger charge is 2.22. The van der Waals surface area contributed by atoms with Gasteiger partial charge in [-0.3, -0.25) is 4.79 Å². The van der Waals surface area contributed by atoms with Crippen LogP contribution in [0.25, 0.3) is 0 Å². The zero-order chi connectivity index (χ0) is 10.8. The van der Waals surface area contributed by atoms with E-state index in [2.05, 4.69) is 10.6 Å². The Kier molecular flexibility index (Phi) is 2.79. The predicted molar refractivity (Wildman–Crippen MR) is 59.4 cm³/mol. The summed E-state index contributed by atoms with van der Waals surface area (Å²) in [6, 6.07) is 5.27. The minimum atomic E-state index is -0.476. The first-order chi connectivity index (χ1) is 7.20. The lowest BCUT2D eigenvalue weighted by atomic mass is 10.2. The Hall–Kier alpha value is -1.26. The number of rotatable bonds is 1. The SMILES string of the molecule is COC1CNc2cc(Cl)ccc2NC1=O. The van der Waals surface area contributed by atoms with Gasteiger partial charge in [-0.1, -0.05) is 11.6 Å². The van der Waals surface area contributed by atoms with Crippen LogP contribution in [0.1, 0.15) is 0 Å². The van der Waals surface area contributed by atoms with E-state index in [9.17, 15) is 4.79 Å². The molecule has 5 heteroatoms. The molecule has 15 heavy (non-hydrogen) atoms. The zero-order valence-corrected chi connectivity index (χ0v) is 8.97. The molecule has 1 atom stereocenters. The van der Waals surface area contributed by atoms with Gasteiger partial charge in [-0.15, -0.1) is 0 Å². The summed E-state index contributed by atoms with van der Waals surface area (Å²) in [5.74, 6) is -0.147. The molecule has 4 nitrogen and oxygen atoms in total. The fourth-order valence-corrected chi connectivity index (χ4v) is 1.64. The minimum absolute atomic E-state index is 0.147. The van der Waals surface area contributed by atoms with Crippen molar-refractivity contribution in [2.24, 2.45) is 0 Å². The van der Waals surface area contributed by atoms with Crippen LogP contribution in [0.3, 0.4) is 0 Å². The number of halogens is 1. The van der Waals surface area contributed by atoms with Gasteiger partial charge in [-0.2, -0.15) is 0 Å². The van der Waals surface area contributed by atoms with Gasteiger partial charge in [0.05, 0.1) is 17.9 Å². The lowest BCUT2D eigenvalue weighted by Crippen LogP contribution is -2.32. The number of benzene rings is 1. The van der Waals surface area contributed by atoms with E-state index >= 15 is 0 Å². The van der Waals surface area contributed by atoms with Crippen LogP contribution < -0.4 is 10.6 Å². The molecule has 1 unspecified atom stereocenters. The summed E-state index contributed by atoms with van der Waals surface area (Å²) in [6.45, 7) is 0.440. The maximum Gasteiger partial charge on any atom is 0.255 e. The van der Waals surface area contributed by atoms with Crippen molar-refractivity contribution in [3.05, 3.63) is 23.2 Å². The van der Waals surface area contributed by atoms with E-state index in [0.29, 0.717) is 11.6 Å². The van der Waals surface area contributed by atoms with Gasteiger partial charge in [-0.25, -0.2) is 0 Å². The lowest BCUT2D eigenvalue weighted by Gasteiger charge is -2.09. The Bertz CT molecular complexity index is 395. The average Bonchev–Trinajstić information content (AvgIpc) is 2.36.